The van der Waals surface area contributed by atoms with Crippen molar-refractivity contribution < 1.29 is 8.83 Å². The van der Waals surface area contributed by atoms with Crippen LogP contribution in [0.2, 0.25) is 0 Å². The first-order valence-electron chi connectivity index (χ1n) is 6.93. The van der Waals surface area contributed by atoms with Gasteiger partial charge in [0.05, 0.1) is 0 Å². The maximum atomic E-state index is 5.71. The largest absolute Gasteiger partial charge is 0.451 e. The van der Waals surface area contributed by atoms with Crippen molar-refractivity contribution in [3.8, 4) is 11.7 Å². The number of rotatable bonds is 5. The number of hydrogen-bond acceptors (Lipinski definition) is 5. The summed E-state index contributed by atoms with van der Waals surface area (Å²) in [6, 6.07) is 10.5. The van der Waals surface area contributed by atoms with Crippen LogP contribution in [0.3, 0.4) is 0 Å². The van der Waals surface area contributed by atoms with Gasteiger partial charge >= 0.3 is 0 Å². The molecule has 1 aromatic carbocycles. The molecule has 0 atom stereocenters. The summed E-state index contributed by atoms with van der Waals surface area (Å²) < 4.78 is 11.4. The van der Waals surface area contributed by atoms with E-state index in [1.807, 2.05) is 30.3 Å². The van der Waals surface area contributed by atoms with Crippen molar-refractivity contribution in [2.24, 2.45) is 0 Å². The number of benzene rings is 1. The molecule has 0 aliphatic heterocycles. The van der Waals surface area contributed by atoms with Crippen LogP contribution in [0.25, 0.3) is 22.6 Å². The molecule has 1 N–H and O–H groups in total. The van der Waals surface area contributed by atoms with Gasteiger partial charge in [-0.25, -0.2) is 0 Å². The quantitative estimate of drug-likeness (QED) is 0.771. The Morgan fingerprint density at radius 1 is 1.15 bits per heavy atom. The maximum absolute atomic E-state index is 5.71. The van der Waals surface area contributed by atoms with Crippen LogP contribution in [-0.4, -0.2) is 22.8 Å². The molecule has 0 spiro atoms. The van der Waals surface area contributed by atoms with Gasteiger partial charge in [0.25, 0.3) is 5.89 Å². The number of fused-ring (bicyclic) bond motifs is 1. The molecule has 3 aromatic rings. The minimum Gasteiger partial charge on any atom is -0.451 e. The summed E-state index contributed by atoms with van der Waals surface area (Å²) >= 11 is 0. The van der Waals surface area contributed by atoms with E-state index in [-0.39, 0.29) is 0 Å². The summed E-state index contributed by atoms with van der Waals surface area (Å²) in [6.07, 6.45) is 3.33. The van der Waals surface area contributed by atoms with Crippen LogP contribution in [0.15, 0.2) is 39.2 Å². The Morgan fingerprint density at radius 3 is 2.90 bits per heavy atom. The van der Waals surface area contributed by atoms with E-state index in [0.717, 1.165) is 23.9 Å². The van der Waals surface area contributed by atoms with E-state index in [2.05, 4.69) is 15.5 Å². The Labute approximate surface area is 116 Å². The summed E-state index contributed by atoms with van der Waals surface area (Å²) in [4.78, 5) is 0. The summed E-state index contributed by atoms with van der Waals surface area (Å²) in [5, 5.41) is 12.6. The normalized spacial score (nSPS) is 15.0. The number of aromatic nitrogens is 2. The Morgan fingerprint density at radius 2 is 2.05 bits per heavy atom. The van der Waals surface area contributed by atoms with Gasteiger partial charge in [0, 0.05) is 24.4 Å². The smallest absolute Gasteiger partial charge is 0.283 e. The van der Waals surface area contributed by atoms with Crippen molar-refractivity contribution in [2.45, 2.75) is 25.3 Å². The molecule has 0 bridgehead atoms. The van der Waals surface area contributed by atoms with Crippen LogP contribution in [0.4, 0.5) is 0 Å². The zero-order valence-electron chi connectivity index (χ0n) is 11.0. The molecule has 0 amide bonds. The number of para-hydroxylation sites is 1. The number of nitrogens with zero attached hydrogens (tertiary/aromatic N) is 2. The van der Waals surface area contributed by atoms with Crippen LogP contribution in [0.1, 0.15) is 18.7 Å². The van der Waals surface area contributed by atoms with Crippen LogP contribution < -0.4 is 5.32 Å². The van der Waals surface area contributed by atoms with E-state index in [0.29, 0.717) is 23.6 Å². The van der Waals surface area contributed by atoms with Crippen LogP contribution in [-0.2, 0) is 6.42 Å². The van der Waals surface area contributed by atoms with E-state index >= 15 is 0 Å². The fourth-order valence-electron chi connectivity index (χ4n) is 2.21. The number of furan rings is 1. The highest BCUT2D eigenvalue weighted by Gasteiger charge is 2.20. The minimum atomic E-state index is 0.447. The van der Waals surface area contributed by atoms with Gasteiger partial charge in [-0.3, -0.25) is 0 Å². The molecule has 102 valence electrons. The second-order valence-corrected chi connectivity index (χ2v) is 5.13. The Kier molecular flexibility index (Phi) is 2.77. The zero-order valence-corrected chi connectivity index (χ0v) is 11.0. The first kappa shape index (κ1) is 11.7. The van der Waals surface area contributed by atoms with Crippen molar-refractivity contribution in [1.82, 2.24) is 15.5 Å². The van der Waals surface area contributed by atoms with Gasteiger partial charge in [0.1, 0.15) is 5.58 Å². The highest BCUT2D eigenvalue weighted by atomic mass is 16.4. The van der Waals surface area contributed by atoms with Crippen LogP contribution in [0.5, 0.6) is 0 Å². The first-order valence-corrected chi connectivity index (χ1v) is 6.93. The molecular formula is C15H15N3O2. The molecule has 2 heterocycles. The molecule has 1 aliphatic carbocycles. The van der Waals surface area contributed by atoms with Gasteiger partial charge < -0.3 is 14.2 Å². The lowest BCUT2D eigenvalue weighted by Gasteiger charge is -1.97. The molecule has 5 heteroatoms. The molecule has 0 saturated heterocycles. The SMILES string of the molecule is c1ccc2oc(-c3nnc(CCNC4CC4)o3)cc2c1. The summed E-state index contributed by atoms with van der Waals surface area (Å²) in [5.74, 6) is 1.72. The van der Waals surface area contributed by atoms with Crippen LogP contribution in [0, 0.1) is 0 Å². The summed E-state index contributed by atoms with van der Waals surface area (Å²) in [5.41, 5.74) is 0.831. The molecule has 1 fully saturated rings. The third-order valence-corrected chi connectivity index (χ3v) is 3.45. The average molecular weight is 269 g/mol. The third-order valence-electron chi connectivity index (χ3n) is 3.45. The van der Waals surface area contributed by atoms with Gasteiger partial charge in [-0.05, 0) is 25.0 Å². The standard InChI is InChI=1S/C15H15N3O2/c1-2-4-12-10(3-1)9-13(19-12)15-18-17-14(20-15)7-8-16-11-5-6-11/h1-4,9,11,16H,5-8H2. The van der Waals surface area contributed by atoms with Crippen molar-refractivity contribution in [3.63, 3.8) is 0 Å². The van der Waals surface area contributed by atoms with Gasteiger partial charge in [-0.2, -0.15) is 0 Å². The molecule has 4 rings (SSSR count). The van der Waals surface area contributed by atoms with E-state index in [1.54, 1.807) is 0 Å². The monoisotopic (exact) mass is 269 g/mol. The van der Waals surface area contributed by atoms with Gasteiger partial charge in [0.15, 0.2) is 5.76 Å². The molecule has 0 unspecified atom stereocenters. The zero-order chi connectivity index (χ0) is 13.4. The third kappa shape index (κ3) is 2.32. The Hall–Kier alpha value is -2.14. The predicted molar refractivity (Wildman–Crippen MR) is 74.2 cm³/mol. The van der Waals surface area contributed by atoms with Gasteiger partial charge in [-0.15, -0.1) is 10.2 Å². The van der Waals surface area contributed by atoms with E-state index < -0.39 is 0 Å². The highest BCUT2D eigenvalue weighted by molar-refractivity contribution is 5.81. The Balaban J connectivity index is 1.51. The van der Waals surface area contributed by atoms with Crippen molar-refractivity contribution in [2.75, 3.05) is 6.54 Å². The second-order valence-electron chi connectivity index (χ2n) is 5.13. The van der Waals surface area contributed by atoms with Crippen molar-refractivity contribution in [1.29, 1.82) is 0 Å². The van der Waals surface area contributed by atoms with Crippen LogP contribution >= 0.6 is 0 Å². The highest BCUT2D eigenvalue weighted by Crippen LogP contribution is 2.26. The molecular weight excluding hydrogens is 254 g/mol. The molecule has 5 nitrogen and oxygen atoms in total. The minimum absolute atomic E-state index is 0.447. The second kappa shape index (κ2) is 4.76. The number of nitrogens with one attached hydrogen (secondary N) is 1. The molecule has 1 saturated carbocycles. The lowest BCUT2D eigenvalue weighted by molar-refractivity contribution is 0.478. The summed E-state index contributed by atoms with van der Waals surface area (Å²) in [7, 11) is 0. The maximum Gasteiger partial charge on any atom is 0.283 e. The molecule has 0 radical (unpaired) electrons. The number of hydrogen-bond donors (Lipinski definition) is 1. The summed E-state index contributed by atoms with van der Waals surface area (Å²) in [6.45, 7) is 0.881. The lowest BCUT2D eigenvalue weighted by Crippen LogP contribution is -2.19. The fraction of sp³-hybridized carbons (Fsp3) is 0.333. The van der Waals surface area contributed by atoms with Crippen molar-refractivity contribution >= 4 is 11.0 Å². The molecule has 2 aromatic heterocycles. The molecule has 1 aliphatic rings. The van der Waals surface area contributed by atoms with Gasteiger partial charge in [0.2, 0.25) is 5.89 Å². The van der Waals surface area contributed by atoms with Gasteiger partial charge in [-0.1, -0.05) is 18.2 Å². The first-order chi connectivity index (χ1) is 9.88. The molecule has 20 heavy (non-hydrogen) atoms. The van der Waals surface area contributed by atoms with E-state index in [1.165, 1.54) is 12.8 Å². The topological polar surface area (TPSA) is 64.1 Å². The fourth-order valence-corrected chi connectivity index (χ4v) is 2.21. The van der Waals surface area contributed by atoms with E-state index in [9.17, 15) is 0 Å². The predicted octanol–water partition coefficient (Wildman–Crippen LogP) is 2.78. The lowest BCUT2D eigenvalue weighted by atomic mass is 10.2. The van der Waals surface area contributed by atoms with E-state index in [4.69, 9.17) is 8.83 Å². The van der Waals surface area contributed by atoms with Crippen molar-refractivity contribution in [3.05, 3.63) is 36.2 Å². The average Bonchev–Trinajstić information content (AvgIpc) is 3.01. The Bertz CT molecular complexity index is 694.